The maximum Gasteiger partial charge on any atom is 0.312 e. The van der Waals surface area contributed by atoms with Crippen molar-refractivity contribution < 1.29 is 4.39 Å². The van der Waals surface area contributed by atoms with Crippen LogP contribution < -0.4 is 5.32 Å². The summed E-state index contributed by atoms with van der Waals surface area (Å²) in [7, 11) is 0. The predicted octanol–water partition coefficient (Wildman–Crippen LogP) is 2.41. The highest BCUT2D eigenvalue weighted by atomic mass is 19.1. The maximum atomic E-state index is 13.2. The van der Waals surface area contributed by atoms with Crippen molar-refractivity contribution in [2.45, 2.75) is 13.5 Å². The molecule has 0 atom stereocenters. The van der Waals surface area contributed by atoms with E-state index in [0.29, 0.717) is 23.5 Å². The molecule has 0 saturated heterocycles. The van der Waals surface area contributed by atoms with Gasteiger partial charge in [0, 0.05) is 6.54 Å². The summed E-state index contributed by atoms with van der Waals surface area (Å²) in [6, 6.07) is 8.08. The molecule has 0 aliphatic heterocycles. The predicted molar refractivity (Wildman–Crippen MR) is 70.1 cm³/mol. The van der Waals surface area contributed by atoms with E-state index in [9.17, 15) is 4.39 Å². The lowest BCUT2D eigenvalue weighted by Gasteiger charge is -2.07. The number of aryl methyl sites for hydroxylation is 1. The number of fused-ring (bicyclic) bond motifs is 1. The lowest BCUT2D eigenvalue weighted by molar-refractivity contribution is 0.545. The second-order valence-corrected chi connectivity index (χ2v) is 4.28. The van der Waals surface area contributed by atoms with Crippen LogP contribution in [0.3, 0.4) is 0 Å². The van der Waals surface area contributed by atoms with Crippen LogP contribution in [0.25, 0.3) is 11.2 Å². The number of imidazole rings is 1. The van der Waals surface area contributed by atoms with Gasteiger partial charge in [-0.2, -0.15) is 14.4 Å². The molecule has 2 N–H and O–H groups in total. The summed E-state index contributed by atoms with van der Waals surface area (Å²) in [4.78, 5) is 14.2. The van der Waals surface area contributed by atoms with Gasteiger partial charge >= 0.3 is 6.08 Å². The molecule has 1 aromatic carbocycles. The first kappa shape index (κ1) is 11.6. The number of hydrogen-bond acceptors (Lipinski definition) is 4. The molecule has 3 aromatic rings. The van der Waals surface area contributed by atoms with Crippen LogP contribution in [0.5, 0.6) is 0 Å². The first-order valence-corrected chi connectivity index (χ1v) is 5.88. The van der Waals surface area contributed by atoms with Gasteiger partial charge in [0.05, 0.1) is 6.33 Å². The first-order valence-electron chi connectivity index (χ1n) is 5.88. The van der Waals surface area contributed by atoms with Gasteiger partial charge in [-0.25, -0.2) is 4.98 Å². The summed E-state index contributed by atoms with van der Waals surface area (Å²) in [6.07, 6.45) is 0.683. The Kier molecular flexibility index (Phi) is 2.83. The summed E-state index contributed by atoms with van der Waals surface area (Å²) in [5.41, 5.74) is 3.21. The zero-order valence-corrected chi connectivity index (χ0v) is 10.3. The topological polar surface area (TPSA) is 66.5 Å². The highest BCUT2D eigenvalue weighted by molar-refractivity contribution is 5.81. The van der Waals surface area contributed by atoms with Gasteiger partial charge in [-0.3, -0.25) is 0 Å². The van der Waals surface area contributed by atoms with Gasteiger partial charge in [0.2, 0.25) is 0 Å². The van der Waals surface area contributed by atoms with Crippen LogP contribution >= 0.6 is 0 Å². The zero-order valence-electron chi connectivity index (χ0n) is 10.3. The number of aromatic nitrogens is 4. The summed E-state index contributed by atoms with van der Waals surface area (Å²) < 4.78 is 13.2. The molecule has 6 heteroatoms. The Hall–Kier alpha value is -2.50. The minimum Gasteiger partial charge on any atom is -0.364 e. The molecule has 3 rings (SSSR count). The standard InChI is InChI=1S/C13H12FN5/c1-8-3-2-4-9(5-8)6-15-11-10-12(17-7-16-10)19-13(14)18-11/h2-5,7H,6H2,1H3,(H2,15,16,17,18,19). The van der Waals surface area contributed by atoms with E-state index in [0.717, 1.165) is 5.56 Å². The molecule has 0 fully saturated rings. The Morgan fingerprint density at radius 1 is 1.32 bits per heavy atom. The van der Waals surface area contributed by atoms with Crippen molar-refractivity contribution in [3.8, 4) is 0 Å². The maximum absolute atomic E-state index is 13.2. The molecule has 5 nitrogen and oxygen atoms in total. The van der Waals surface area contributed by atoms with Gasteiger partial charge in [-0.15, -0.1) is 0 Å². The Balaban J connectivity index is 1.87. The highest BCUT2D eigenvalue weighted by Gasteiger charge is 2.09. The van der Waals surface area contributed by atoms with E-state index in [-0.39, 0.29) is 0 Å². The highest BCUT2D eigenvalue weighted by Crippen LogP contribution is 2.17. The number of anilines is 1. The first-order chi connectivity index (χ1) is 9.22. The third-order valence-corrected chi connectivity index (χ3v) is 2.80. The molecule has 2 aromatic heterocycles. The van der Waals surface area contributed by atoms with E-state index >= 15 is 0 Å². The molecule has 0 unspecified atom stereocenters. The fourth-order valence-corrected chi connectivity index (χ4v) is 1.94. The van der Waals surface area contributed by atoms with Crippen molar-refractivity contribution in [3.05, 3.63) is 47.8 Å². The smallest absolute Gasteiger partial charge is 0.312 e. The van der Waals surface area contributed by atoms with E-state index in [1.807, 2.05) is 25.1 Å². The molecule has 0 aliphatic carbocycles. The van der Waals surface area contributed by atoms with Gasteiger partial charge < -0.3 is 10.3 Å². The van der Waals surface area contributed by atoms with E-state index in [1.54, 1.807) is 0 Å². The second-order valence-electron chi connectivity index (χ2n) is 4.28. The average Bonchev–Trinajstić information content (AvgIpc) is 2.84. The van der Waals surface area contributed by atoms with Crippen molar-refractivity contribution in [1.29, 1.82) is 0 Å². The summed E-state index contributed by atoms with van der Waals surface area (Å²) in [5.74, 6) is 0.418. The Bertz CT molecular complexity index is 722. The number of aromatic amines is 1. The van der Waals surface area contributed by atoms with Crippen LogP contribution in [-0.2, 0) is 6.54 Å². The third kappa shape index (κ3) is 2.37. The fourth-order valence-electron chi connectivity index (χ4n) is 1.94. The Morgan fingerprint density at radius 3 is 3.05 bits per heavy atom. The molecular formula is C13H12FN5. The van der Waals surface area contributed by atoms with Gasteiger partial charge in [0.25, 0.3) is 0 Å². The van der Waals surface area contributed by atoms with E-state index in [1.165, 1.54) is 11.9 Å². The van der Waals surface area contributed by atoms with Gasteiger partial charge in [-0.1, -0.05) is 29.8 Å². The monoisotopic (exact) mass is 257 g/mol. The van der Waals surface area contributed by atoms with Crippen LogP contribution in [0.1, 0.15) is 11.1 Å². The summed E-state index contributed by atoms with van der Waals surface area (Å²) >= 11 is 0. The van der Waals surface area contributed by atoms with Gasteiger partial charge in [0.1, 0.15) is 5.52 Å². The van der Waals surface area contributed by atoms with Crippen molar-refractivity contribution in [2.75, 3.05) is 5.32 Å². The molecule has 0 spiro atoms. The molecule has 0 aliphatic rings. The average molecular weight is 257 g/mol. The molecule has 19 heavy (non-hydrogen) atoms. The van der Waals surface area contributed by atoms with Crippen LogP contribution in [0.2, 0.25) is 0 Å². The van der Waals surface area contributed by atoms with Crippen LogP contribution in [0, 0.1) is 13.0 Å². The van der Waals surface area contributed by atoms with Crippen molar-refractivity contribution in [3.63, 3.8) is 0 Å². The third-order valence-electron chi connectivity index (χ3n) is 2.80. The number of nitrogens with one attached hydrogen (secondary N) is 2. The second kappa shape index (κ2) is 4.64. The molecule has 2 heterocycles. The largest absolute Gasteiger partial charge is 0.364 e. The lowest BCUT2D eigenvalue weighted by atomic mass is 10.1. The van der Waals surface area contributed by atoms with Gasteiger partial charge in [0.15, 0.2) is 11.5 Å². The summed E-state index contributed by atoms with van der Waals surface area (Å²) in [6.45, 7) is 2.59. The summed E-state index contributed by atoms with van der Waals surface area (Å²) in [5, 5.41) is 3.10. The van der Waals surface area contributed by atoms with Crippen LogP contribution in [0.4, 0.5) is 10.2 Å². The molecular weight excluding hydrogens is 245 g/mol. The normalized spacial score (nSPS) is 10.8. The number of hydrogen-bond donors (Lipinski definition) is 2. The van der Waals surface area contributed by atoms with Crippen molar-refractivity contribution in [2.24, 2.45) is 0 Å². The fraction of sp³-hybridized carbons (Fsp3) is 0.154. The molecule has 0 saturated carbocycles. The number of rotatable bonds is 3. The van der Waals surface area contributed by atoms with E-state index in [4.69, 9.17) is 0 Å². The van der Waals surface area contributed by atoms with Crippen LogP contribution in [-0.4, -0.2) is 19.9 Å². The van der Waals surface area contributed by atoms with E-state index in [2.05, 4.69) is 31.3 Å². The van der Waals surface area contributed by atoms with Crippen molar-refractivity contribution in [1.82, 2.24) is 19.9 Å². The molecule has 0 radical (unpaired) electrons. The Morgan fingerprint density at radius 2 is 2.21 bits per heavy atom. The molecule has 0 amide bonds. The number of halogens is 1. The molecule has 96 valence electrons. The number of H-pyrrole nitrogens is 1. The van der Waals surface area contributed by atoms with Crippen molar-refractivity contribution >= 4 is 17.0 Å². The molecule has 0 bridgehead atoms. The van der Waals surface area contributed by atoms with Crippen LogP contribution in [0.15, 0.2) is 30.6 Å². The Labute approximate surface area is 108 Å². The zero-order chi connectivity index (χ0) is 13.2. The quantitative estimate of drug-likeness (QED) is 0.707. The van der Waals surface area contributed by atoms with Gasteiger partial charge in [-0.05, 0) is 12.5 Å². The SMILES string of the molecule is Cc1cccc(CNc2nc(F)nc3nc[nH]c23)c1. The van der Waals surface area contributed by atoms with E-state index < -0.39 is 6.08 Å². The minimum atomic E-state index is -0.786. The minimum absolute atomic E-state index is 0.319. The number of nitrogens with zero attached hydrogens (tertiary/aromatic N) is 3. The number of benzene rings is 1. The lowest BCUT2D eigenvalue weighted by Crippen LogP contribution is -2.04.